The Hall–Kier alpha value is -6.19. The van der Waals surface area contributed by atoms with Crippen molar-refractivity contribution in [2.75, 3.05) is 0 Å². The number of pyridine rings is 1. The van der Waals surface area contributed by atoms with E-state index in [0.717, 1.165) is 33.1 Å². The van der Waals surface area contributed by atoms with Crippen LogP contribution in [-0.4, -0.2) is 9.13 Å². The Morgan fingerprint density at radius 1 is 0.365 bits per heavy atom. The molecule has 0 fully saturated rings. The lowest BCUT2D eigenvalue weighted by Gasteiger charge is -2.23. The summed E-state index contributed by atoms with van der Waals surface area (Å²) in [4.78, 5) is 14.5. The molecule has 3 heteroatoms. The second-order valence-electron chi connectivity index (χ2n) is 15.7. The highest BCUT2D eigenvalue weighted by Gasteiger charge is 2.37. The molecule has 2 aromatic heterocycles. The van der Waals surface area contributed by atoms with Crippen molar-refractivity contribution in [1.29, 1.82) is 0 Å². The van der Waals surface area contributed by atoms with Gasteiger partial charge in [0, 0.05) is 43.7 Å². The largest absolute Gasteiger partial charge is 0.309 e. The van der Waals surface area contributed by atoms with Gasteiger partial charge in [0.15, 0.2) is 0 Å². The summed E-state index contributed by atoms with van der Waals surface area (Å²) in [6.07, 6.45) is 0. The molecule has 0 N–H and O–H groups in total. The number of aromatic nitrogens is 2. The van der Waals surface area contributed by atoms with E-state index in [0.29, 0.717) is 0 Å². The molecular formula is C49H36N2O. The SMILES string of the molecule is CC1(C)c2ccccc2-c2cc3c4ccccc4c(=O)n(-c4ccc(-n5c6ccccc6c6cc7c(cc65)C(C)(C)c5ccccc5-7)cc4)c3cc21. The van der Waals surface area contributed by atoms with Crippen LogP contribution in [0.2, 0.25) is 0 Å². The van der Waals surface area contributed by atoms with Gasteiger partial charge >= 0.3 is 0 Å². The van der Waals surface area contributed by atoms with E-state index in [-0.39, 0.29) is 16.4 Å². The van der Waals surface area contributed by atoms with Crippen LogP contribution in [0.4, 0.5) is 0 Å². The number of benzene rings is 7. The third-order valence-corrected chi connectivity index (χ3v) is 12.3. The minimum absolute atomic E-state index is 0.00154. The summed E-state index contributed by atoms with van der Waals surface area (Å²) in [7, 11) is 0. The van der Waals surface area contributed by atoms with Crippen molar-refractivity contribution in [2.45, 2.75) is 38.5 Å². The van der Waals surface area contributed by atoms with Gasteiger partial charge in [-0.15, -0.1) is 0 Å². The number of hydrogen-bond acceptors (Lipinski definition) is 1. The molecule has 2 heterocycles. The Kier molecular flexibility index (Phi) is 5.67. The van der Waals surface area contributed by atoms with E-state index in [1.54, 1.807) is 0 Å². The van der Waals surface area contributed by atoms with E-state index < -0.39 is 0 Å². The zero-order valence-electron chi connectivity index (χ0n) is 29.7. The first kappa shape index (κ1) is 29.5. The molecule has 2 aliphatic rings. The van der Waals surface area contributed by atoms with Crippen LogP contribution >= 0.6 is 0 Å². The zero-order chi connectivity index (χ0) is 35.1. The number of rotatable bonds is 2. The lowest BCUT2D eigenvalue weighted by molar-refractivity contribution is 0.660. The fourth-order valence-corrected chi connectivity index (χ4v) is 9.72. The molecule has 0 unspecified atom stereocenters. The maximum atomic E-state index is 14.5. The molecule has 2 aliphatic carbocycles. The molecule has 0 saturated carbocycles. The molecule has 9 aromatic rings. The van der Waals surface area contributed by atoms with E-state index in [4.69, 9.17) is 0 Å². The van der Waals surface area contributed by atoms with Gasteiger partial charge in [-0.25, -0.2) is 0 Å². The number of para-hydroxylation sites is 1. The van der Waals surface area contributed by atoms with Crippen molar-refractivity contribution in [2.24, 2.45) is 0 Å². The summed E-state index contributed by atoms with van der Waals surface area (Å²) in [6, 6.07) is 52.3. The van der Waals surface area contributed by atoms with Crippen LogP contribution in [-0.2, 0) is 10.8 Å². The highest BCUT2D eigenvalue weighted by atomic mass is 16.1. The molecule has 0 saturated heterocycles. The average Bonchev–Trinajstić information content (AvgIpc) is 3.70. The van der Waals surface area contributed by atoms with Crippen molar-refractivity contribution >= 4 is 43.5 Å². The second kappa shape index (κ2) is 9.98. The molecular weight excluding hydrogens is 633 g/mol. The predicted molar refractivity (Wildman–Crippen MR) is 217 cm³/mol. The summed E-state index contributed by atoms with van der Waals surface area (Å²) in [6.45, 7) is 9.27. The van der Waals surface area contributed by atoms with Crippen molar-refractivity contribution in [3.63, 3.8) is 0 Å². The van der Waals surface area contributed by atoms with Gasteiger partial charge in [0.1, 0.15) is 0 Å². The summed E-state index contributed by atoms with van der Waals surface area (Å²) >= 11 is 0. The summed E-state index contributed by atoms with van der Waals surface area (Å²) < 4.78 is 4.32. The molecule has 3 nitrogen and oxygen atoms in total. The van der Waals surface area contributed by atoms with Gasteiger partial charge in [-0.1, -0.05) is 113 Å². The van der Waals surface area contributed by atoms with E-state index >= 15 is 0 Å². The Balaban J connectivity index is 1.14. The molecule has 0 aliphatic heterocycles. The van der Waals surface area contributed by atoms with Crippen molar-refractivity contribution in [3.05, 3.63) is 178 Å². The van der Waals surface area contributed by atoms with E-state index in [9.17, 15) is 4.79 Å². The topological polar surface area (TPSA) is 26.9 Å². The maximum Gasteiger partial charge on any atom is 0.263 e. The second-order valence-corrected chi connectivity index (χ2v) is 15.7. The van der Waals surface area contributed by atoms with Crippen LogP contribution in [0.25, 0.3) is 77.1 Å². The molecule has 248 valence electrons. The maximum absolute atomic E-state index is 14.5. The monoisotopic (exact) mass is 668 g/mol. The zero-order valence-corrected chi connectivity index (χ0v) is 29.7. The Bertz CT molecular complexity index is 3080. The molecule has 0 atom stereocenters. The van der Waals surface area contributed by atoms with Gasteiger partial charge < -0.3 is 4.57 Å². The number of fused-ring (bicyclic) bond motifs is 12. The fourth-order valence-electron chi connectivity index (χ4n) is 9.72. The van der Waals surface area contributed by atoms with Crippen LogP contribution < -0.4 is 5.56 Å². The number of nitrogens with zero attached hydrogens (tertiary/aromatic N) is 2. The standard InChI is InChI=1S/C49H36N2O/c1-48(2)41-19-11-8-15-33(41)37-26-39-34-16-9-12-20-44(34)50(45(39)27-42(37)48)29-21-23-30(24-22-29)51-46-28-43-36(32-14-7-10-18-40(32)49(43,3)4)25-38(46)31-13-5-6-17-35(31)47(51)52/h5-28H,1-4H3. The summed E-state index contributed by atoms with van der Waals surface area (Å²) in [5.41, 5.74) is 15.4. The molecule has 52 heavy (non-hydrogen) atoms. The highest BCUT2D eigenvalue weighted by Crippen LogP contribution is 2.52. The number of hydrogen-bond donors (Lipinski definition) is 0. The minimum atomic E-state index is -0.177. The van der Waals surface area contributed by atoms with Gasteiger partial charge in [0.2, 0.25) is 0 Å². The Morgan fingerprint density at radius 3 is 1.40 bits per heavy atom. The van der Waals surface area contributed by atoms with Gasteiger partial charge in [0.05, 0.1) is 16.6 Å². The quantitative estimate of drug-likeness (QED) is 0.168. The van der Waals surface area contributed by atoms with E-state index in [1.807, 2.05) is 22.8 Å². The van der Waals surface area contributed by atoms with Crippen LogP contribution in [0, 0.1) is 0 Å². The predicted octanol–water partition coefficient (Wildman–Crippen LogP) is 11.9. The van der Waals surface area contributed by atoms with Crippen molar-refractivity contribution in [1.82, 2.24) is 9.13 Å². The normalized spacial score (nSPS) is 14.9. The summed E-state index contributed by atoms with van der Waals surface area (Å²) in [5, 5.41) is 5.29. The van der Waals surface area contributed by atoms with Crippen molar-refractivity contribution in [3.8, 4) is 33.6 Å². The Morgan fingerprint density at radius 2 is 0.808 bits per heavy atom. The van der Waals surface area contributed by atoms with Gasteiger partial charge in [-0.3, -0.25) is 9.36 Å². The van der Waals surface area contributed by atoms with Gasteiger partial charge in [-0.05, 0) is 111 Å². The highest BCUT2D eigenvalue weighted by molar-refractivity contribution is 6.12. The lowest BCUT2D eigenvalue weighted by atomic mass is 9.82. The molecule has 7 aromatic carbocycles. The van der Waals surface area contributed by atoms with Gasteiger partial charge in [-0.2, -0.15) is 0 Å². The lowest BCUT2D eigenvalue weighted by Crippen LogP contribution is -2.20. The Labute approximate surface area is 302 Å². The van der Waals surface area contributed by atoms with E-state index in [1.165, 1.54) is 66.3 Å². The molecule has 0 spiro atoms. The van der Waals surface area contributed by atoms with Crippen LogP contribution in [0.5, 0.6) is 0 Å². The molecule has 0 radical (unpaired) electrons. The van der Waals surface area contributed by atoms with E-state index in [2.05, 4.69) is 160 Å². The fraction of sp³-hybridized carbons (Fsp3) is 0.122. The first-order chi connectivity index (χ1) is 25.2. The van der Waals surface area contributed by atoms with Crippen LogP contribution in [0.1, 0.15) is 49.9 Å². The third kappa shape index (κ3) is 3.67. The van der Waals surface area contributed by atoms with Crippen LogP contribution in [0.3, 0.4) is 0 Å². The first-order valence-corrected chi connectivity index (χ1v) is 18.2. The molecule has 11 rings (SSSR count). The van der Waals surface area contributed by atoms with Gasteiger partial charge in [0.25, 0.3) is 5.56 Å². The third-order valence-electron chi connectivity index (χ3n) is 12.3. The minimum Gasteiger partial charge on any atom is -0.309 e. The van der Waals surface area contributed by atoms with Crippen molar-refractivity contribution < 1.29 is 0 Å². The first-order valence-electron chi connectivity index (χ1n) is 18.2. The van der Waals surface area contributed by atoms with Crippen LogP contribution in [0.15, 0.2) is 150 Å². The summed E-state index contributed by atoms with van der Waals surface area (Å²) in [5.74, 6) is 0. The molecule has 0 bridgehead atoms. The smallest absolute Gasteiger partial charge is 0.263 e. The molecule has 0 amide bonds. The average molecular weight is 669 g/mol.